The molecule has 0 aliphatic carbocycles. The van der Waals surface area contributed by atoms with E-state index in [1.54, 1.807) is 6.07 Å². The van der Waals surface area contributed by atoms with Crippen LogP contribution in [0.15, 0.2) is 18.2 Å². The molecule has 0 bridgehead atoms. The molecule has 0 heterocycles. The Bertz CT molecular complexity index is 256. The molecule has 1 aromatic carbocycles. The van der Waals surface area contributed by atoms with Crippen molar-refractivity contribution in [3.8, 4) is 0 Å². The smallest absolute Gasteiger partial charge is 0.162 e. The summed E-state index contributed by atoms with van der Waals surface area (Å²) in [6.45, 7) is 3.64. The van der Waals surface area contributed by atoms with E-state index < -0.39 is 11.6 Å². The van der Waals surface area contributed by atoms with Gasteiger partial charge in [0.05, 0.1) is 0 Å². The summed E-state index contributed by atoms with van der Waals surface area (Å²) in [6.07, 6.45) is 2.10. The molecule has 0 saturated heterocycles. The van der Waals surface area contributed by atoms with Crippen molar-refractivity contribution in [3.63, 3.8) is 0 Å². The van der Waals surface area contributed by atoms with Gasteiger partial charge in [-0.3, -0.25) is 0 Å². The third-order valence-corrected chi connectivity index (χ3v) is 1.73. The molecule has 0 atom stereocenters. The van der Waals surface area contributed by atoms with Gasteiger partial charge in [0.25, 0.3) is 0 Å². The summed E-state index contributed by atoms with van der Waals surface area (Å²) >= 11 is 0. The number of hydrogen-bond acceptors (Lipinski definition) is 0. The molecule has 0 aliphatic heterocycles. The fraction of sp³-hybridized carbons (Fsp3) is 0.300. The van der Waals surface area contributed by atoms with Crippen LogP contribution >= 0.6 is 0 Å². The minimum atomic E-state index is -0.767. The molecule has 0 saturated carbocycles. The summed E-state index contributed by atoms with van der Waals surface area (Å²) in [7, 11) is 0. The summed E-state index contributed by atoms with van der Waals surface area (Å²) in [6, 6.07) is 4.26. The molecule has 0 nitrogen and oxygen atoms in total. The van der Waals surface area contributed by atoms with Gasteiger partial charge in [-0.25, -0.2) is 8.78 Å². The van der Waals surface area contributed by atoms with Crippen LogP contribution in [-0.2, 0) is 6.42 Å². The highest BCUT2D eigenvalue weighted by molar-refractivity contribution is 5.18. The van der Waals surface area contributed by atoms with Crippen molar-refractivity contribution in [2.45, 2.75) is 19.3 Å². The van der Waals surface area contributed by atoms with E-state index in [0.29, 0.717) is 12.0 Å². The Morgan fingerprint density at radius 1 is 1.25 bits per heavy atom. The van der Waals surface area contributed by atoms with Gasteiger partial charge in [0.1, 0.15) is 0 Å². The monoisotopic (exact) mass is 169 g/mol. The van der Waals surface area contributed by atoms with E-state index >= 15 is 0 Å². The van der Waals surface area contributed by atoms with Gasteiger partial charge in [0.15, 0.2) is 11.6 Å². The molecule has 0 fully saturated rings. The lowest BCUT2D eigenvalue weighted by molar-refractivity contribution is 0.497. The van der Waals surface area contributed by atoms with Gasteiger partial charge < -0.3 is 0 Å². The molecule has 0 amide bonds. The number of hydrogen-bond donors (Lipinski definition) is 0. The van der Waals surface area contributed by atoms with Crippen molar-refractivity contribution in [1.29, 1.82) is 0 Å². The van der Waals surface area contributed by atoms with Crippen molar-refractivity contribution in [2.75, 3.05) is 0 Å². The lowest BCUT2D eigenvalue weighted by atomic mass is 10.1. The Kier molecular flexibility index (Phi) is 3.20. The maximum absolute atomic E-state index is 12.9. The number of benzene rings is 1. The second kappa shape index (κ2) is 4.19. The molecule has 1 radical (unpaired) electrons. The number of unbranched alkanes of at least 4 members (excludes halogenated alkanes) is 1. The normalized spacial score (nSPS) is 10.2. The van der Waals surface area contributed by atoms with Crippen LogP contribution in [-0.4, -0.2) is 0 Å². The Labute approximate surface area is 71.2 Å². The Morgan fingerprint density at radius 2 is 2.00 bits per heavy atom. The van der Waals surface area contributed by atoms with Crippen molar-refractivity contribution in [1.82, 2.24) is 0 Å². The van der Waals surface area contributed by atoms with E-state index in [9.17, 15) is 8.78 Å². The lowest BCUT2D eigenvalue weighted by Gasteiger charge is -2.01. The number of rotatable bonds is 3. The first kappa shape index (κ1) is 9.17. The van der Waals surface area contributed by atoms with E-state index in [4.69, 9.17) is 0 Å². The second-order valence-electron chi connectivity index (χ2n) is 2.67. The first-order chi connectivity index (χ1) is 5.75. The van der Waals surface area contributed by atoms with E-state index in [1.807, 2.05) is 0 Å². The molecule has 0 spiro atoms. The fourth-order valence-corrected chi connectivity index (χ4v) is 1.06. The van der Waals surface area contributed by atoms with Gasteiger partial charge in [0.2, 0.25) is 0 Å². The molecule has 1 rings (SSSR count). The molecular weight excluding hydrogens is 158 g/mol. The van der Waals surface area contributed by atoms with Crippen LogP contribution < -0.4 is 0 Å². The molecule has 2 heteroatoms. The number of halogens is 2. The first-order valence-electron chi connectivity index (χ1n) is 3.98. The van der Waals surface area contributed by atoms with Gasteiger partial charge >= 0.3 is 0 Å². The zero-order valence-electron chi connectivity index (χ0n) is 6.82. The van der Waals surface area contributed by atoms with Gasteiger partial charge in [-0.1, -0.05) is 25.5 Å². The zero-order valence-corrected chi connectivity index (χ0v) is 6.82. The van der Waals surface area contributed by atoms with E-state index in [0.717, 1.165) is 18.9 Å². The van der Waals surface area contributed by atoms with E-state index in [-0.39, 0.29) is 0 Å². The van der Waals surface area contributed by atoms with Crippen LogP contribution in [0.4, 0.5) is 8.78 Å². The van der Waals surface area contributed by atoms with Crippen molar-refractivity contribution in [3.05, 3.63) is 42.3 Å². The SMILES string of the molecule is [CH2]CCCc1cccc(F)c1F. The van der Waals surface area contributed by atoms with Crippen molar-refractivity contribution >= 4 is 0 Å². The molecule has 12 heavy (non-hydrogen) atoms. The summed E-state index contributed by atoms with van der Waals surface area (Å²) < 4.78 is 25.5. The molecule has 0 aliphatic rings. The summed E-state index contributed by atoms with van der Waals surface area (Å²) in [5.74, 6) is -1.48. The maximum atomic E-state index is 12.9. The van der Waals surface area contributed by atoms with Crippen LogP contribution in [0.2, 0.25) is 0 Å². The molecule has 0 unspecified atom stereocenters. The van der Waals surface area contributed by atoms with Crippen molar-refractivity contribution in [2.24, 2.45) is 0 Å². The third-order valence-electron chi connectivity index (χ3n) is 1.73. The average molecular weight is 169 g/mol. The first-order valence-corrected chi connectivity index (χ1v) is 3.98. The highest BCUT2D eigenvalue weighted by Crippen LogP contribution is 2.13. The third kappa shape index (κ3) is 2.03. The predicted molar refractivity (Wildman–Crippen MR) is 44.7 cm³/mol. The van der Waals surface area contributed by atoms with E-state index in [2.05, 4.69) is 6.92 Å². The standard InChI is InChI=1S/C10H11F2/c1-2-3-5-8-6-4-7-9(11)10(8)12/h4,6-7H,1-3,5H2. The summed E-state index contributed by atoms with van der Waals surface area (Å²) in [5, 5.41) is 0. The predicted octanol–water partition coefficient (Wildman–Crippen LogP) is 3.12. The van der Waals surface area contributed by atoms with Gasteiger partial charge in [-0.15, -0.1) is 0 Å². The molecule has 1 aromatic rings. The van der Waals surface area contributed by atoms with Gasteiger partial charge in [0, 0.05) is 0 Å². The maximum Gasteiger partial charge on any atom is 0.162 e. The Morgan fingerprint density at radius 3 is 2.67 bits per heavy atom. The minimum absolute atomic E-state index is 0.443. The highest BCUT2D eigenvalue weighted by atomic mass is 19.2. The molecule has 0 N–H and O–H groups in total. The van der Waals surface area contributed by atoms with Crippen LogP contribution in [0.3, 0.4) is 0 Å². The number of aryl methyl sites for hydroxylation is 1. The quantitative estimate of drug-likeness (QED) is 0.652. The van der Waals surface area contributed by atoms with E-state index in [1.165, 1.54) is 6.07 Å². The van der Waals surface area contributed by atoms with Crippen LogP contribution in [0, 0.1) is 18.6 Å². The van der Waals surface area contributed by atoms with Gasteiger partial charge in [-0.05, 0) is 24.5 Å². The largest absolute Gasteiger partial charge is 0.204 e. The summed E-state index contributed by atoms with van der Waals surface area (Å²) in [5.41, 5.74) is 0.443. The van der Waals surface area contributed by atoms with Gasteiger partial charge in [-0.2, -0.15) is 0 Å². The van der Waals surface area contributed by atoms with Crippen LogP contribution in [0.1, 0.15) is 18.4 Å². The van der Waals surface area contributed by atoms with Crippen LogP contribution in [0.5, 0.6) is 0 Å². The Hall–Kier alpha value is -0.920. The second-order valence-corrected chi connectivity index (χ2v) is 2.67. The van der Waals surface area contributed by atoms with Crippen molar-refractivity contribution < 1.29 is 8.78 Å². The topological polar surface area (TPSA) is 0 Å². The summed E-state index contributed by atoms with van der Waals surface area (Å²) in [4.78, 5) is 0. The average Bonchev–Trinajstić information content (AvgIpc) is 2.08. The minimum Gasteiger partial charge on any atom is -0.204 e. The zero-order chi connectivity index (χ0) is 8.97. The molecular formula is C10H11F2. The Balaban J connectivity index is 2.78. The molecule has 0 aromatic heterocycles. The fourth-order valence-electron chi connectivity index (χ4n) is 1.06. The lowest BCUT2D eigenvalue weighted by Crippen LogP contribution is -1.93. The van der Waals surface area contributed by atoms with Crippen LogP contribution in [0.25, 0.3) is 0 Å². The molecule has 65 valence electrons. The highest BCUT2D eigenvalue weighted by Gasteiger charge is 2.05.